The lowest BCUT2D eigenvalue weighted by Gasteiger charge is -2.24. The van der Waals surface area contributed by atoms with E-state index >= 15 is 0 Å². The van der Waals surface area contributed by atoms with Gasteiger partial charge in [0.05, 0.1) is 16.7 Å². The molecule has 0 aliphatic heterocycles. The Morgan fingerprint density at radius 2 is 1.01 bits per heavy atom. The van der Waals surface area contributed by atoms with Crippen LogP contribution in [0.1, 0.15) is 34.9 Å². The van der Waals surface area contributed by atoms with Gasteiger partial charge in [0.25, 0.3) is 0 Å². The molecule has 2 heterocycles. The van der Waals surface area contributed by atoms with Crippen molar-refractivity contribution in [2.24, 2.45) is 0 Å². The highest BCUT2D eigenvalue weighted by Crippen LogP contribution is 2.44. The van der Waals surface area contributed by atoms with Gasteiger partial charge in [-0.3, -0.25) is 0 Å². The van der Waals surface area contributed by atoms with Gasteiger partial charge in [-0.2, -0.15) is 0 Å². The standard InChI is InChI=1S/C69H52N4/c1-3-50(52-27-12-6-13-28-52)35-23-39-66-70-68(57-33-18-9-19-34-57)72-69(71-66)59-47-61(51(4-2)36-22-26-49-24-10-5-11-25-49)67(62(48-59)56-42-40-55(41-43-56)53-29-14-7-15-30-53)73-64-38-21-20-37-60(64)63-46-58(44-45-65(63)73)54-31-16-8-17-32-54/h3-35,37-48,51H,1-2,36H2/b26-22+,39-23+,50-35+. The fourth-order valence-corrected chi connectivity index (χ4v) is 9.76. The minimum Gasteiger partial charge on any atom is -0.308 e. The van der Waals surface area contributed by atoms with Crippen molar-refractivity contribution >= 4 is 39.5 Å². The van der Waals surface area contributed by atoms with Gasteiger partial charge in [0.1, 0.15) is 0 Å². The molecule has 2 aromatic heterocycles. The van der Waals surface area contributed by atoms with E-state index in [2.05, 4.69) is 218 Å². The molecule has 0 aliphatic carbocycles. The molecule has 0 saturated heterocycles. The van der Waals surface area contributed by atoms with Crippen molar-refractivity contribution in [1.82, 2.24) is 19.5 Å². The quantitative estimate of drug-likeness (QED) is 0.0760. The van der Waals surface area contributed by atoms with Gasteiger partial charge >= 0.3 is 0 Å². The van der Waals surface area contributed by atoms with Crippen LogP contribution >= 0.6 is 0 Å². The molecule has 0 amide bonds. The van der Waals surface area contributed by atoms with E-state index in [1.165, 1.54) is 21.9 Å². The zero-order valence-electron chi connectivity index (χ0n) is 40.5. The highest BCUT2D eigenvalue weighted by atomic mass is 15.0. The Kier molecular flexibility index (Phi) is 13.4. The van der Waals surface area contributed by atoms with E-state index in [4.69, 9.17) is 15.0 Å². The molecule has 4 heteroatoms. The van der Waals surface area contributed by atoms with E-state index in [9.17, 15) is 0 Å². The monoisotopic (exact) mass is 936 g/mol. The molecule has 0 N–H and O–H groups in total. The molecule has 0 bridgehead atoms. The highest BCUT2D eigenvalue weighted by Gasteiger charge is 2.25. The van der Waals surface area contributed by atoms with Gasteiger partial charge in [-0.05, 0) is 92.9 Å². The van der Waals surface area contributed by atoms with Crippen LogP contribution in [0.25, 0.3) is 101 Å². The summed E-state index contributed by atoms with van der Waals surface area (Å²) in [6.45, 7) is 8.65. The Labute approximate surface area is 427 Å². The van der Waals surface area contributed by atoms with E-state index in [0.717, 1.165) is 72.4 Å². The average Bonchev–Trinajstić information content (AvgIpc) is 3.79. The van der Waals surface area contributed by atoms with Crippen molar-refractivity contribution in [3.63, 3.8) is 0 Å². The summed E-state index contributed by atoms with van der Waals surface area (Å²) in [5.74, 6) is 1.58. The van der Waals surface area contributed by atoms with Crippen molar-refractivity contribution in [3.05, 3.63) is 297 Å². The normalized spacial score (nSPS) is 12.2. The van der Waals surface area contributed by atoms with Crippen LogP contribution in [0.2, 0.25) is 0 Å². The van der Waals surface area contributed by atoms with Crippen LogP contribution in [0.3, 0.4) is 0 Å². The Hall–Kier alpha value is -9.51. The maximum absolute atomic E-state index is 5.29. The number of allylic oxidation sites excluding steroid dienone is 6. The summed E-state index contributed by atoms with van der Waals surface area (Å²) in [5.41, 5.74) is 16.2. The van der Waals surface area contributed by atoms with E-state index in [-0.39, 0.29) is 5.92 Å². The number of fused-ring (bicyclic) bond motifs is 3. The van der Waals surface area contributed by atoms with Crippen LogP contribution in [0, 0.1) is 0 Å². The molecule has 1 unspecified atom stereocenters. The van der Waals surface area contributed by atoms with Crippen molar-refractivity contribution in [2.45, 2.75) is 12.3 Å². The molecule has 9 aromatic carbocycles. The highest BCUT2D eigenvalue weighted by molar-refractivity contribution is 6.11. The summed E-state index contributed by atoms with van der Waals surface area (Å²) in [4.78, 5) is 15.6. The number of rotatable bonds is 15. The third-order valence-corrected chi connectivity index (χ3v) is 13.4. The molecule has 348 valence electrons. The Morgan fingerprint density at radius 3 is 1.68 bits per heavy atom. The first-order valence-corrected chi connectivity index (χ1v) is 24.8. The number of aromatic nitrogens is 4. The van der Waals surface area contributed by atoms with Gasteiger partial charge in [-0.25, -0.2) is 15.0 Å². The Balaban J connectivity index is 1.18. The van der Waals surface area contributed by atoms with Gasteiger partial charge in [0.15, 0.2) is 17.5 Å². The molecule has 4 nitrogen and oxygen atoms in total. The Morgan fingerprint density at radius 1 is 0.466 bits per heavy atom. The minimum atomic E-state index is -0.118. The van der Waals surface area contributed by atoms with Crippen LogP contribution in [-0.2, 0) is 0 Å². The fourth-order valence-electron chi connectivity index (χ4n) is 9.76. The average molecular weight is 937 g/mol. The first-order chi connectivity index (χ1) is 36.1. The lowest BCUT2D eigenvalue weighted by atomic mass is 9.87. The summed E-state index contributed by atoms with van der Waals surface area (Å²) in [7, 11) is 0. The summed E-state index contributed by atoms with van der Waals surface area (Å²) >= 11 is 0. The van der Waals surface area contributed by atoms with Crippen molar-refractivity contribution in [1.29, 1.82) is 0 Å². The number of hydrogen-bond acceptors (Lipinski definition) is 3. The lowest BCUT2D eigenvalue weighted by molar-refractivity contribution is 0.857. The molecule has 73 heavy (non-hydrogen) atoms. The van der Waals surface area contributed by atoms with Crippen LogP contribution in [0.4, 0.5) is 0 Å². The molecular formula is C69H52N4. The van der Waals surface area contributed by atoms with Gasteiger partial charge < -0.3 is 4.57 Å². The Bertz CT molecular complexity index is 3810. The number of benzene rings is 9. The third-order valence-electron chi connectivity index (χ3n) is 13.4. The van der Waals surface area contributed by atoms with Crippen molar-refractivity contribution in [3.8, 4) is 61.8 Å². The van der Waals surface area contributed by atoms with Crippen LogP contribution in [0.15, 0.2) is 274 Å². The zero-order chi connectivity index (χ0) is 49.3. The van der Waals surface area contributed by atoms with E-state index in [1.807, 2.05) is 72.8 Å². The predicted octanol–water partition coefficient (Wildman–Crippen LogP) is 18.0. The molecule has 0 fully saturated rings. The number of hydrogen-bond donors (Lipinski definition) is 0. The first-order valence-electron chi connectivity index (χ1n) is 24.8. The molecule has 0 saturated carbocycles. The zero-order valence-corrected chi connectivity index (χ0v) is 40.5. The molecular weight excluding hydrogens is 885 g/mol. The lowest BCUT2D eigenvalue weighted by Crippen LogP contribution is -2.08. The second-order valence-corrected chi connectivity index (χ2v) is 18.0. The number of para-hydroxylation sites is 1. The summed E-state index contributed by atoms with van der Waals surface area (Å²) in [5, 5.41) is 2.36. The molecule has 0 aliphatic rings. The maximum atomic E-state index is 5.29. The van der Waals surface area contributed by atoms with E-state index < -0.39 is 0 Å². The SMILES string of the molecule is C=C/C(=C\C=C\c1nc(-c2ccccc2)nc(-c2cc(-c3ccc(-c4ccccc4)cc3)c(-n3c4ccccc4c4cc(-c5ccccc5)ccc43)c(C(C=C)C/C=C/c3ccccc3)c2)n1)c1ccccc1. The molecule has 0 radical (unpaired) electrons. The third kappa shape index (κ3) is 9.83. The molecule has 11 rings (SSSR count). The van der Waals surface area contributed by atoms with Gasteiger partial charge in [0, 0.05) is 33.4 Å². The topological polar surface area (TPSA) is 43.6 Å². The van der Waals surface area contributed by atoms with Crippen LogP contribution < -0.4 is 0 Å². The summed E-state index contributed by atoms with van der Waals surface area (Å²) in [6.07, 6.45) is 15.1. The molecule has 11 aromatic rings. The number of nitrogens with zero attached hydrogens (tertiary/aromatic N) is 4. The van der Waals surface area contributed by atoms with E-state index in [0.29, 0.717) is 23.9 Å². The minimum absolute atomic E-state index is 0.118. The summed E-state index contributed by atoms with van der Waals surface area (Å²) in [6, 6.07) is 81.2. The second kappa shape index (κ2) is 21.2. The van der Waals surface area contributed by atoms with Crippen molar-refractivity contribution < 1.29 is 0 Å². The maximum Gasteiger partial charge on any atom is 0.164 e. The van der Waals surface area contributed by atoms with Gasteiger partial charge in [-0.1, -0.05) is 243 Å². The van der Waals surface area contributed by atoms with Gasteiger partial charge in [0.2, 0.25) is 0 Å². The molecule has 1 atom stereocenters. The van der Waals surface area contributed by atoms with Crippen molar-refractivity contribution in [2.75, 3.05) is 0 Å². The smallest absolute Gasteiger partial charge is 0.164 e. The van der Waals surface area contributed by atoms with E-state index in [1.54, 1.807) is 0 Å². The second-order valence-electron chi connectivity index (χ2n) is 18.0. The largest absolute Gasteiger partial charge is 0.308 e. The van der Waals surface area contributed by atoms with Crippen LogP contribution in [-0.4, -0.2) is 19.5 Å². The first kappa shape index (κ1) is 45.9. The summed E-state index contributed by atoms with van der Waals surface area (Å²) < 4.78 is 2.48. The van der Waals surface area contributed by atoms with Gasteiger partial charge in [-0.15, -0.1) is 6.58 Å². The molecule has 0 spiro atoms. The fraction of sp³-hybridized carbons (Fsp3) is 0.0290. The predicted molar refractivity (Wildman–Crippen MR) is 308 cm³/mol. The van der Waals surface area contributed by atoms with Crippen LogP contribution in [0.5, 0.6) is 0 Å².